The zero-order valence-electron chi connectivity index (χ0n) is 16.1. The van der Waals surface area contributed by atoms with E-state index in [0.717, 1.165) is 31.4 Å². The normalized spacial score (nSPS) is 12.1. The molecule has 3 aromatic carbocycles. The lowest BCUT2D eigenvalue weighted by Gasteiger charge is -2.22. The van der Waals surface area contributed by atoms with Gasteiger partial charge in [0.1, 0.15) is 5.75 Å². The number of hydrogen-bond donors (Lipinski definition) is 1. The van der Waals surface area contributed by atoms with Crippen molar-refractivity contribution in [1.29, 1.82) is 0 Å². The van der Waals surface area contributed by atoms with Gasteiger partial charge in [-0.25, -0.2) is 0 Å². The van der Waals surface area contributed by atoms with E-state index in [1.807, 2.05) is 12.1 Å². The summed E-state index contributed by atoms with van der Waals surface area (Å²) in [6.07, 6.45) is 4.03. The molecule has 0 heterocycles. The van der Waals surface area contributed by atoms with E-state index in [9.17, 15) is 0 Å². The van der Waals surface area contributed by atoms with Crippen LogP contribution < -0.4 is 10.5 Å². The van der Waals surface area contributed by atoms with Crippen LogP contribution >= 0.6 is 0 Å². The Kier molecular flexibility index (Phi) is 7.06. The second-order valence-electron chi connectivity index (χ2n) is 7.07. The van der Waals surface area contributed by atoms with Gasteiger partial charge < -0.3 is 10.5 Å². The highest BCUT2D eigenvalue weighted by Crippen LogP contribution is 2.30. The molecular weight excluding hydrogens is 330 g/mol. The van der Waals surface area contributed by atoms with E-state index in [4.69, 9.17) is 10.5 Å². The molecule has 3 aromatic rings. The predicted octanol–water partition coefficient (Wildman–Crippen LogP) is 5.57. The average Bonchev–Trinajstić information content (AvgIpc) is 2.73. The van der Waals surface area contributed by atoms with Gasteiger partial charge in [0.05, 0.1) is 7.11 Å². The molecule has 0 aliphatic rings. The maximum atomic E-state index is 6.55. The quantitative estimate of drug-likeness (QED) is 0.542. The van der Waals surface area contributed by atoms with E-state index in [2.05, 4.69) is 72.8 Å². The molecule has 0 aliphatic carbocycles. The molecule has 2 heteroatoms. The molecular formula is C25H29NO. The van der Waals surface area contributed by atoms with Crippen molar-refractivity contribution in [2.75, 3.05) is 7.11 Å². The van der Waals surface area contributed by atoms with Crippen LogP contribution in [0.4, 0.5) is 0 Å². The fourth-order valence-electron chi connectivity index (χ4n) is 3.72. The highest BCUT2D eigenvalue weighted by molar-refractivity contribution is 5.34. The van der Waals surface area contributed by atoms with Crippen LogP contribution in [0, 0.1) is 0 Å². The highest BCUT2D eigenvalue weighted by Gasteiger charge is 2.17. The van der Waals surface area contributed by atoms with Gasteiger partial charge in [-0.05, 0) is 48.4 Å². The lowest BCUT2D eigenvalue weighted by atomic mass is 9.85. The van der Waals surface area contributed by atoms with Gasteiger partial charge in [0, 0.05) is 12.0 Å². The number of nitrogens with two attached hydrogens (primary N) is 1. The van der Waals surface area contributed by atoms with E-state index >= 15 is 0 Å². The second kappa shape index (κ2) is 9.94. The third kappa shape index (κ3) is 5.45. The number of methoxy groups -OCH3 is 1. The summed E-state index contributed by atoms with van der Waals surface area (Å²) in [4.78, 5) is 0. The average molecular weight is 360 g/mol. The Hall–Kier alpha value is -2.58. The van der Waals surface area contributed by atoms with Crippen LogP contribution in [0.1, 0.15) is 41.9 Å². The highest BCUT2D eigenvalue weighted by atomic mass is 16.5. The first-order valence-corrected chi connectivity index (χ1v) is 9.75. The molecule has 2 N–H and O–H groups in total. The van der Waals surface area contributed by atoms with Gasteiger partial charge in [0.15, 0.2) is 0 Å². The molecule has 0 radical (unpaired) electrons. The third-order valence-electron chi connectivity index (χ3n) is 5.16. The minimum atomic E-state index is 0.171. The summed E-state index contributed by atoms with van der Waals surface area (Å²) >= 11 is 0. The summed E-state index contributed by atoms with van der Waals surface area (Å²) in [5, 5.41) is 0. The number of para-hydroxylation sites is 1. The molecule has 0 aliphatic heterocycles. The first kappa shape index (κ1) is 19.2. The number of aryl methyl sites for hydroxylation is 1. The second-order valence-corrected chi connectivity index (χ2v) is 7.07. The predicted molar refractivity (Wildman–Crippen MR) is 113 cm³/mol. The molecule has 27 heavy (non-hydrogen) atoms. The van der Waals surface area contributed by atoms with Crippen molar-refractivity contribution in [2.24, 2.45) is 5.73 Å². The SMILES string of the molecule is COc1ccccc1CCCC(N)CC(c1ccccc1)c1ccccc1. The number of benzene rings is 3. The molecule has 0 fully saturated rings. The summed E-state index contributed by atoms with van der Waals surface area (Å²) < 4.78 is 5.45. The Morgan fingerprint density at radius 2 is 1.33 bits per heavy atom. The molecule has 2 nitrogen and oxygen atoms in total. The van der Waals surface area contributed by atoms with E-state index < -0.39 is 0 Å². The van der Waals surface area contributed by atoms with Gasteiger partial charge in [-0.15, -0.1) is 0 Å². The molecule has 0 amide bonds. The maximum absolute atomic E-state index is 6.55. The van der Waals surface area contributed by atoms with E-state index in [0.29, 0.717) is 5.92 Å². The van der Waals surface area contributed by atoms with Crippen LogP contribution in [0.25, 0.3) is 0 Å². The fourth-order valence-corrected chi connectivity index (χ4v) is 3.72. The third-order valence-corrected chi connectivity index (χ3v) is 5.16. The number of rotatable bonds is 9. The molecule has 140 valence electrons. The molecule has 0 spiro atoms. The Bertz CT molecular complexity index is 761. The first-order valence-electron chi connectivity index (χ1n) is 9.75. The summed E-state index contributed by atoms with van der Waals surface area (Å²) in [6, 6.07) is 29.8. The van der Waals surface area contributed by atoms with Crippen molar-refractivity contribution >= 4 is 0 Å². The van der Waals surface area contributed by atoms with Crippen molar-refractivity contribution < 1.29 is 4.74 Å². The van der Waals surface area contributed by atoms with Gasteiger partial charge >= 0.3 is 0 Å². The van der Waals surface area contributed by atoms with Crippen molar-refractivity contribution in [2.45, 2.75) is 37.6 Å². The lowest BCUT2D eigenvalue weighted by Crippen LogP contribution is -2.23. The van der Waals surface area contributed by atoms with Crippen LogP contribution in [0.15, 0.2) is 84.9 Å². The van der Waals surface area contributed by atoms with Gasteiger partial charge in [0.2, 0.25) is 0 Å². The van der Waals surface area contributed by atoms with Crippen molar-refractivity contribution in [3.8, 4) is 5.75 Å². The van der Waals surface area contributed by atoms with Crippen LogP contribution in [0.2, 0.25) is 0 Å². The Morgan fingerprint density at radius 1 is 0.778 bits per heavy atom. The lowest BCUT2D eigenvalue weighted by molar-refractivity contribution is 0.408. The Balaban J connectivity index is 1.62. The standard InChI is InChI=1S/C25H29NO/c1-27-25-18-9-8-15-22(25)16-10-17-23(26)19-24(20-11-4-2-5-12-20)21-13-6-3-7-14-21/h2-9,11-15,18,23-24H,10,16-17,19,26H2,1H3. The smallest absolute Gasteiger partial charge is 0.122 e. The van der Waals surface area contributed by atoms with Gasteiger partial charge in [-0.1, -0.05) is 78.9 Å². The number of hydrogen-bond acceptors (Lipinski definition) is 2. The van der Waals surface area contributed by atoms with Crippen molar-refractivity contribution in [1.82, 2.24) is 0 Å². The molecule has 1 unspecified atom stereocenters. The topological polar surface area (TPSA) is 35.2 Å². The molecule has 0 aromatic heterocycles. The Labute approximate surface area is 163 Å². The summed E-state index contributed by atoms with van der Waals surface area (Å²) in [5.41, 5.74) is 10.5. The molecule has 0 saturated carbocycles. The van der Waals surface area contributed by atoms with Crippen LogP contribution in [0.5, 0.6) is 5.75 Å². The van der Waals surface area contributed by atoms with E-state index in [-0.39, 0.29) is 6.04 Å². The number of ether oxygens (including phenoxy) is 1. The first-order chi connectivity index (χ1) is 13.3. The monoisotopic (exact) mass is 359 g/mol. The molecule has 3 rings (SSSR count). The largest absolute Gasteiger partial charge is 0.496 e. The molecule has 1 atom stereocenters. The van der Waals surface area contributed by atoms with E-state index in [1.165, 1.54) is 16.7 Å². The summed E-state index contributed by atoms with van der Waals surface area (Å²) in [7, 11) is 1.73. The van der Waals surface area contributed by atoms with Gasteiger partial charge in [-0.2, -0.15) is 0 Å². The van der Waals surface area contributed by atoms with Crippen LogP contribution in [-0.4, -0.2) is 13.2 Å². The summed E-state index contributed by atoms with van der Waals surface area (Å²) in [5.74, 6) is 1.31. The Morgan fingerprint density at radius 3 is 1.93 bits per heavy atom. The molecule has 0 bridgehead atoms. The fraction of sp³-hybridized carbons (Fsp3) is 0.280. The maximum Gasteiger partial charge on any atom is 0.122 e. The van der Waals surface area contributed by atoms with Gasteiger partial charge in [0.25, 0.3) is 0 Å². The van der Waals surface area contributed by atoms with E-state index in [1.54, 1.807) is 7.11 Å². The zero-order valence-corrected chi connectivity index (χ0v) is 16.1. The molecule has 0 saturated heterocycles. The minimum Gasteiger partial charge on any atom is -0.496 e. The van der Waals surface area contributed by atoms with Crippen molar-refractivity contribution in [3.05, 3.63) is 102 Å². The summed E-state index contributed by atoms with van der Waals surface area (Å²) in [6.45, 7) is 0. The zero-order chi connectivity index (χ0) is 18.9. The minimum absolute atomic E-state index is 0.171. The van der Waals surface area contributed by atoms with Crippen LogP contribution in [0.3, 0.4) is 0 Å². The van der Waals surface area contributed by atoms with Crippen LogP contribution in [-0.2, 0) is 6.42 Å². The van der Waals surface area contributed by atoms with Gasteiger partial charge in [-0.3, -0.25) is 0 Å². The van der Waals surface area contributed by atoms with Crippen molar-refractivity contribution in [3.63, 3.8) is 0 Å².